The molecular formula is C26H24N4O3. The van der Waals surface area contributed by atoms with Gasteiger partial charge < -0.3 is 19.4 Å². The lowest BCUT2D eigenvalue weighted by Gasteiger charge is -2.31. The summed E-state index contributed by atoms with van der Waals surface area (Å²) in [5, 5.41) is 0. The Morgan fingerprint density at radius 1 is 1.00 bits per heavy atom. The Morgan fingerprint density at radius 3 is 2.73 bits per heavy atom. The Labute approximate surface area is 192 Å². The second kappa shape index (κ2) is 7.62. The second-order valence-corrected chi connectivity index (χ2v) is 8.79. The summed E-state index contributed by atoms with van der Waals surface area (Å²) in [6.07, 6.45) is 2.51. The molecule has 2 aromatic carbocycles. The van der Waals surface area contributed by atoms with Gasteiger partial charge in [0.1, 0.15) is 6.61 Å². The molecule has 7 heteroatoms. The summed E-state index contributed by atoms with van der Waals surface area (Å²) in [5.41, 5.74) is 5.80. The van der Waals surface area contributed by atoms with Crippen LogP contribution in [0.25, 0.3) is 0 Å². The van der Waals surface area contributed by atoms with Crippen molar-refractivity contribution >= 4 is 23.3 Å². The van der Waals surface area contributed by atoms with E-state index in [0.29, 0.717) is 49.9 Å². The highest BCUT2D eigenvalue weighted by atomic mass is 16.5. The number of ether oxygens (including phenoxy) is 1. The average molecular weight is 441 g/mol. The molecule has 0 bridgehead atoms. The fourth-order valence-electron chi connectivity index (χ4n) is 4.94. The maximum absolute atomic E-state index is 13.2. The van der Waals surface area contributed by atoms with E-state index < -0.39 is 0 Å². The minimum atomic E-state index is -0.0281. The van der Waals surface area contributed by atoms with Crippen molar-refractivity contribution in [3.8, 4) is 5.75 Å². The first kappa shape index (κ1) is 19.8. The molecule has 4 heterocycles. The van der Waals surface area contributed by atoms with Gasteiger partial charge in [-0.15, -0.1) is 0 Å². The van der Waals surface area contributed by atoms with Crippen LogP contribution in [0, 0.1) is 0 Å². The lowest BCUT2D eigenvalue weighted by Crippen LogP contribution is -2.36. The van der Waals surface area contributed by atoms with E-state index in [4.69, 9.17) is 4.74 Å². The lowest BCUT2D eigenvalue weighted by molar-refractivity contribution is 0.0733. The number of benzene rings is 2. The number of hydrogen-bond acceptors (Lipinski definition) is 5. The molecule has 166 valence electrons. The molecule has 0 saturated heterocycles. The maximum Gasteiger partial charge on any atom is 0.255 e. The Morgan fingerprint density at radius 2 is 1.85 bits per heavy atom. The van der Waals surface area contributed by atoms with Crippen LogP contribution < -0.4 is 9.64 Å². The Kier molecular flexibility index (Phi) is 4.57. The third-order valence-corrected chi connectivity index (χ3v) is 6.71. The minimum Gasteiger partial charge on any atom is -0.488 e. The molecule has 2 amide bonds. The lowest BCUT2D eigenvalue weighted by atomic mass is 9.99. The van der Waals surface area contributed by atoms with Gasteiger partial charge in [-0.25, -0.2) is 4.98 Å². The molecule has 33 heavy (non-hydrogen) atoms. The fraction of sp³-hybridized carbons (Fsp3) is 0.269. The number of anilines is 2. The van der Waals surface area contributed by atoms with Crippen LogP contribution in [-0.4, -0.2) is 53.3 Å². The molecule has 3 aromatic rings. The van der Waals surface area contributed by atoms with Crippen LogP contribution in [0.15, 0.2) is 54.7 Å². The molecular weight excluding hydrogens is 416 g/mol. The normalized spacial score (nSPS) is 16.8. The van der Waals surface area contributed by atoms with E-state index in [1.807, 2.05) is 42.3 Å². The van der Waals surface area contributed by atoms with Crippen LogP contribution in [0.2, 0.25) is 0 Å². The first-order valence-electron chi connectivity index (χ1n) is 11.2. The fourth-order valence-corrected chi connectivity index (χ4v) is 4.94. The molecule has 0 saturated carbocycles. The summed E-state index contributed by atoms with van der Waals surface area (Å²) in [5.74, 6) is 1.33. The first-order valence-corrected chi connectivity index (χ1v) is 11.2. The third-order valence-electron chi connectivity index (χ3n) is 6.71. The number of pyridine rings is 1. The number of rotatable bonds is 2. The van der Waals surface area contributed by atoms with E-state index in [0.717, 1.165) is 23.2 Å². The molecule has 1 aromatic heterocycles. The van der Waals surface area contributed by atoms with Crippen LogP contribution in [0.1, 0.15) is 37.4 Å². The monoisotopic (exact) mass is 440 g/mol. The molecule has 0 spiro atoms. The molecule has 6 rings (SSSR count). The van der Waals surface area contributed by atoms with Gasteiger partial charge in [0.15, 0.2) is 11.6 Å². The Hall–Kier alpha value is -3.87. The summed E-state index contributed by atoms with van der Waals surface area (Å²) in [4.78, 5) is 35.8. The number of nitrogens with zero attached hydrogens (tertiary/aromatic N) is 4. The van der Waals surface area contributed by atoms with Crippen molar-refractivity contribution in [1.82, 2.24) is 14.8 Å². The standard InChI is InChI=1S/C26H24N4O3/c1-28-15-20-12-21(6-7-22(20)26(28)32)30-10-11-33-23-13-19(14-27-24(23)30)25(31)29-9-8-17-4-2-3-5-18(17)16-29/h2-7,12-14H,8-11,15-16H2,1H3. The topological polar surface area (TPSA) is 66.0 Å². The summed E-state index contributed by atoms with van der Waals surface area (Å²) in [7, 11) is 1.81. The predicted octanol–water partition coefficient (Wildman–Crippen LogP) is 3.40. The second-order valence-electron chi connectivity index (χ2n) is 8.79. The van der Waals surface area contributed by atoms with E-state index in [-0.39, 0.29) is 11.8 Å². The summed E-state index contributed by atoms with van der Waals surface area (Å²) < 4.78 is 5.90. The number of carbonyl (C=O) groups excluding carboxylic acids is 2. The summed E-state index contributed by atoms with van der Waals surface area (Å²) in [6, 6.07) is 16.0. The highest BCUT2D eigenvalue weighted by molar-refractivity contribution is 5.99. The molecule has 0 aliphatic carbocycles. The van der Waals surface area contributed by atoms with E-state index in [1.54, 1.807) is 11.1 Å². The molecule has 3 aliphatic rings. The van der Waals surface area contributed by atoms with Gasteiger partial charge in [0.05, 0.1) is 12.1 Å². The van der Waals surface area contributed by atoms with Gasteiger partial charge in [0, 0.05) is 44.1 Å². The van der Waals surface area contributed by atoms with Crippen LogP contribution >= 0.6 is 0 Å². The van der Waals surface area contributed by atoms with Crippen LogP contribution in [0.5, 0.6) is 5.75 Å². The van der Waals surface area contributed by atoms with Crippen LogP contribution in [0.4, 0.5) is 11.5 Å². The molecule has 0 N–H and O–H groups in total. The van der Waals surface area contributed by atoms with Crippen molar-refractivity contribution < 1.29 is 14.3 Å². The van der Waals surface area contributed by atoms with Gasteiger partial charge in [-0.3, -0.25) is 9.59 Å². The van der Waals surface area contributed by atoms with Gasteiger partial charge in [0.25, 0.3) is 11.8 Å². The van der Waals surface area contributed by atoms with Gasteiger partial charge in [0.2, 0.25) is 0 Å². The highest BCUT2D eigenvalue weighted by Crippen LogP contribution is 2.37. The van der Waals surface area contributed by atoms with E-state index in [1.165, 1.54) is 11.1 Å². The van der Waals surface area contributed by atoms with E-state index in [9.17, 15) is 9.59 Å². The SMILES string of the molecule is CN1Cc2cc(N3CCOc4cc(C(=O)N5CCc6ccccc6C5)cnc43)ccc2C1=O. The number of hydrogen-bond donors (Lipinski definition) is 0. The molecule has 7 nitrogen and oxygen atoms in total. The van der Waals surface area contributed by atoms with Crippen molar-refractivity contribution in [1.29, 1.82) is 0 Å². The maximum atomic E-state index is 13.2. The van der Waals surface area contributed by atoms with E-state index in [2.05, 4.69) is 28.1 Å². The van der Waals surface area contributed by atoms with Gasteiger partial charge in [-0.05, 0) is 47.4 Å². The smallest absolute Gasteiger partial charge is 0.255 e. The van der Waals surface area contributed by atoms with Crippen molar-refractivity contribution in [2.24, 2.45) is 0 Å². The van der Waals surface area contributed by atoms with Gasteiger partial charge in [-0.1, -0.05) is 24.3 Å². The van der Waals surface area contributed by atoms with Crippen LogP contribution in [0.3, 0.4) is 0 Å². The Bertz CT molecular complexity index is 1290. The van der Waals surface area contributed by atoms with E-state index >= 15 is 0 Å². The van der Waals surface area contributed by atoms with Crippen molar-refractivity contribution in [3.05, 3.63) is 82.5 Å². The van der Waals surface area contributed by atoms with Gasteiger partial charge >= 0.3 is 0 Å². The number of fused-ring (bicyclic) bond motifs is 3. The highest BCUT2D eigenvalue weighted by Gasteiger charge is 2.29. The number of amides is 2. The number of aromatic nitrogens is 1. The summed E-state index contributed by atoms with van der Waals surface area (Å²) >= 11 is 0. The van der Waals surface area contributed by atoms with Crippen LogP contribution in [-0.2, 0) is 19.5 Å². The van der Waals surface area contributed by atoms with Crippen molar-refractivity contribution in [2.45, 2.75) is 19.5 Å². The quantitative estimate of drug-likeness (QED) is 0.611. The zero-order valence-corrected chi connectivity index (χ0v) is 18.5. The molecule has 3 aliphatic heterocycles. The summed E-state index contributed by atoms with van der Waals surface area (Å²) in [6.45, 7) is 3.07. The van der Waals surface area contributed by atoms with Gasteiger partial charge in [-0.2, -0.15) is 0 Å². The largest absolute Gasteiger partial charge is 0.488 e. The number of carbonyl (C=O) groups is 2. The molecule has 0 unspecified atom stereocenters. The Balaban J connectivity index is 1.27. The van der Waals surface area contributed by atoms with Crippen molar-refractivity contribution in [2.75, 3.05) is 31.6 Å². The molecule has 0 atom stereocenters. The third kappa shape index (κ3) is 3.31. The molecule has 0 radical (unpaired) electrons. The predicted molar refractivity (Wildman–Crippen MR) is 124 cm³/mol. The van der Waals surface area contributed by atoms with Crippen molar-refractivity contribution in [3.63, 3.8) is 0 Å². The zero-order valence-electron chi connectivity index (χ0n) is 18.5. The zero-order chi connectivity index (χ0) is 22.5. The molecule has 0 fully saturated rings. The average Bonchev–Trinajstić information content (AvgIpc) is 3.15. The first-order chi connectivity index (χ1) is 16.1. The minimum absolute atomic E-state index is 0.0281.